The summed E-state index contributed by atoms with van der Waals surface area (Å²) in [5, 5.41) is 9.65. The average Bonchev–Trinajstić information content (AvgIpc) is 3.31. The monoisotopic (exact) mass is 385 g/mol. The van der Waals surface area contributed by atoms with Crippen molar-refractivity contribution >= 4 is 17.2 Å². The quantitative estimate of drug-likeness (QED) is 0.675. The van der Waals surface area contributed by atoms with Crippen LogP contribution in [0, 0.1) is 13.8 Å². The molecule has 0 radical (unpaired) electrons. The van der Waals surface area contributed by atoms with Gasteiger partial charge in [0, 0.05) is 17.1 Å². The van der Waals surface area contributed by atoms with E-state index in [-0.39, 0.29) is 11.9 Å². The molecule has 0 fully saturated rings. The number of amides is 1. The van der Waals surface area contributed by atoms with Crippen LogP contribution >= 0.6 is 11.3 Å². The van der Waals surface area contributed by atoms with E-state index in [1.165, 1.54) is 7.11 Å². The Morgan fingerprint density at radius 2 is 2.04 bits per heavy atom. The molecule has 0 spiro atoms. The van der Waals surface area contributed by atoms with Crippen LogP contribution in [0.1, 0.15) is 32.7 Å². The normalized spacial score (nSPS) is 11.9. The van der Waals surface area contributed by atoms with Crippen LogP contribution in [0.25, 0.3) is 0 Å². The maximum Gasteiger partial charge on any atom is 0.255 e. The fourth-order valence-corrected chi connectivity index (χ4v) is 3.91. The number of para-hydroxylation sites is 1. The van der Waals surface area contributed by atoms with Crippen molar-refractivity contribution in [3.63, 3.8) is 0 Å². The van der Waals surface area contributed by atoms with Gasteiger partial charge in [-0.3, -0.25) is 9.48 Å². The van der Waals surface area contributed by atoms with E-state index in [2.05, 4.69) is 16.5 Å². The van der Waals surface area contributed by atoms with E-state index < -0.39 is 0 Å². The summed E-state index contributed by atoms with van der Waals surface area (Å²) in [5.41, 5.74) is 2.45. The zero-order valence-corrected chi connectivity index (χ0v) is 16.7. The average molecular weight is 385 g/mol. The van der Waals surface area contributed by atoms with E-state index >= 15 is 0 Å². The highest BCUT2D eigenvalue weighted by molar-refractivity contribution is 7.10. The molecule has 27 heavy (non-hydrogen) atoms. The molecule has 3 aromatic rings. The number of nitrogens with one attached hydrogen (secondary N) is 1. The summed E-state index contributed by atoms with van der Waals surface area (Å²) in [6.07, 6.45) is 0. The number of aromatic nitrogens is 2. The summed E-state index contributed by atoms with van der Waals surface area (Å²) in [6.45, 7) is 4.41. The number of hydrogen-bond donors (Lipinski definition) is 1. The molecule has 142 valence electrons. The molecule has 0 aliphatic carbocycles. The SMILES string of the molecule is COc1cccc(C(=O)NCC(c2cccs2)n2nc(C)cc2C)c1OC. The molecule has 1 N–H and O–H groups in total. The number of nitrogens with zero attached hydrogens (tertiary/aromatic N) is 2. The Hall–Kier alpha value is -2.80. The van der Waals surface area contributed by atoms with Crippen molar-refractivity contribution in [2.24, 2.45) is 0 Å². The smallest absolute Gasteiger partial charge is 0.255 e. The third-order valence-electron chi connectivity index (χ3n) is 4.31. The van der Waals surface area contributed by atoms with Crippen LogP contribution in [-0.4, -0.2) is 36.5 Å². The maximum atomic E-state index is 12.8. The third kappa shape index (κ3) is 3.98. The van der Waals surface area contributed by atoms with Crippen molar-refractivity contribution in [2.45, 2.75) is 19.9 Å². The summed E-state index contributed by atoms with van der Waals surface area (Å²) < 4.78 is 12.6. The molecule has 1 unspecified atom stereocenters. The van der Waals surface area contributed by atoms with Crippen LogP contribution < -0.4 is 14.8 Å². The van der Waals surface area contributed by atoms with Crippen molar-refractivity contribution < 1.29 is 14.3 Å². The van der Waals surface area contributed by atoms with E-state index in [1.54, 1.807) is 36.6 Å². The summed E-state index contributed by atoms with van der Waals surface area (Å²) >= 11 is 1.65. The fourth-order valence-electron chi connectivity index (χ4n) is 3.10. The molecule has 1 aromatic carbocycles. The zero-order valence-electron chi connectivity index (χ0n) is 15.9. The minimum atomic E-state index is -0.214. The molecule has 0 bridgehead atoms. The highest BCUT2D eigenvalue weighted by atomic mass is 32.1. The van der Waals surface area contributed by atoms with Crippen molar-refractivity contribution in [3.8, 4) is 11.5 Å². The van der Waals surface area contributed by atoms with Crippen LogP contribution in [0.15, 0.2) is 41.8 Å². The van der Waals surface area contributed by atoms with Gasteiger partial charge in [0.2, 0.25) is 0 Å². The maximum absolute atomic E-state index is 12.8. The van der Waals surface area contributed by atoms with Gasteiger partial charge in [-0.1, -0.05) is 12.1 Å². The Labute approximate surface area is 162 Å². The molecule has 0 saturated carbocycles. The third-order valence-corrected chi connectivity index (χ3v) is 5.29. The molecule has 2 aromatic heterocycles. The molecule has 0 aliphatic rings. The van der Waals surface area contributed by atoms with E-state index in [4.69, 9.17) is 9.47 Å². The molecule has 3 rings (SSSR count). The van der Waals surface area contributed by atoms with Gasteiger partial charge in [-0.25, -0.2) is 0 Å². The highest BCUT2D eigenvalue weighted by Crippen LogP contribution is 2.31. The van der Waals surface area contributed by atoms with Gasteiger partial charge < -0.3 is 14.8 Å². The number of rotatable bonds is 7. The van der Waals surface area contributed by atoms with Gasteiger partial charge in [-0.15, -0.1) is 11.3 Å². The number of thiophene rings is 1. The molecule has 1 amide bonds. The predicted molar refractivity (Wildman–Crippen MR) is 106 cm³/mol. The Bertz CT molecular complexity index is 919. The van der Waals surface area contributed by atoms with E-state index in [1.807, 2.05) is 36.0 Å². The number of hydrogen-bond acceptors (Lipinski definition) is 5. The van der Waals surface area contributed by atoms with Crippen molar-refractivity contribution in [1.29, 1.82) is 0 Å². The lowest BCUT2D eigenvalue weighted by molar-refractivity contribution is 0.0945. The van der Waals surface area contributed by atoms with Crippen LogP contribution in [0.5, 0.6) is 11.5 Å². The van der Waals surface area contributed by atoms with Gasteiger partial charge in [0.15, 0.2) is 11.5 Å². The molecule has 7 heteroatoms. The molecule has 2 heterocycles. The van der Waals surface area contributed by atoms with Crippen molar-refractivity contribution in [3.05, 3.63) is 63.6 Å². The van der Waals surface area contributed by atoms with Crippen molar-refractivity contribution in [1.82, 2.24) is 15.1 Å². The molecular formula is C20H23N3O3S. The first-order valence-corrected chi connectivity index (χ1v) is 9.48. The van der Waals surface area contributed by atoms with Crippen LogP contribution in [0.3, 0.4) is 0 Å². The Morgan fingerprint density at radius 3 is 2.63 bits per heavy atom. The molecule has 0 saturated heterocycles. The molecule has 0 aliphatic heterocycles. The lowest BCUT2D eigenvalue weighted by atomic mass is 10.1. The van der Waals surface area contributed by atoms with Crippen LogP contribution in [0.4, 0.5) is 0 Å². The Balaban J connectivity index is 1.84. The number of carbonyl (C=O) groups excluding carboxylic acids is 1. The minimum Gasteiger partial charge on any atom is -0.493 e. The van der Waals surface area contributed by atoms with Gasteiger partial charge in [0.25, 0.3) is 5.91 Å². The lowest BCUT2D eigenvalue weighted by Gasteiger charge is -2.19. The minimum absolute atomic E-state index is 0.0701. The number of carbonyl (C=O) groups is 1. The van der Waals surface area contributed by atoms with Gasteiger partial charge >= 0.3 is 0 Å². The summed E-state index contributed by atoms with van der Waals surface area (Å²) in [5.74, 6) is 0.739. The van der Waals surface area contributed by atoms with E-state index in [0.717, 1.165) is 16.3 Å². The molecular weight excluding hydrogens is 362 g/mol. The van der Waals surface area contributed by atoms with E-state index in [9.17, 15) is 4.79 Å². The molecule has 1 atom stereocenters. The summed E-state index contributed by atoms with van der Waals surface area (Å²) in [6, 6.07) is 11.3. The predicted octanol–water partition coefficient (Wildman–Crippen LogP) is 3.60. The largest absolute Gasteiger partial charge is 0.493 e. The van der Waals surface area contributed by atoms with E-state index in [0.29, 0.717) is 23.6 Å². The highest BCUT2D eigenvalue weighted by Gasteiger charge is 2.21. The number of ether oxygens (including phenoxy) is 2. The Morgan fingerprint density at radius 1 is 1.22 bits per heavy atom. The zero-order chi connectivity index (χ0) is 19.4. The number of methoxy groups -OCH3 is 2. The lowest BCUT2D eigenvalue weighted by Crippen LogP contribution is -2.32. The van der Waals surface area contributed by atoms with Crippen molar-refractivity contribution in [2.75, 3.05) is 20.8 Å². The first-order chi connectivity index (χ1) is 13.0. The first-order valence-electron chi connectivity index (χ1n) is 8.60. The second kappa shape index (κ2) is 8.26. The van der Waals surface area contributed by atoms with Crippen LogP contribution in [0.2, 0.25) is 0 Å². The fraction of sp³-hybridized carbons (Fsp3) is 0.300. The summed E-state index contributed by atoms with van der Waals surface area (Å²) in [4.78, 5) is 14.0. The van der Waals surface area contributed by atoms with Gasteiger partial charge in [-0.05, 0) is 43.5 Å². The second-order valence-corrected chi connectivity index (χ2v) is 7.13. The van der Waals surface area contributed by atoms with Gasteiger partial charge in [-0.2, -0.15) is 5.10 Å². The number of aryl methyl sites for hydroxylation is 2. The first kappa shape index (κ1) is 19.0. The standard InChI is InChI=1S/C20H23N3O3S/c1-13-11-14(2)23(22-13)16(18-9-6-10-27-18)12-21-20(24)15-7-5-8-17(25-3)19(15)26-4/h5-11,16H,12H2,1-4H3,(H,21,24). The number of benzene rings is 1. The van der Waals surface area contributed by atoms with Gasteiger partial charge in [0.05, 0.1) is 25.5 Å². The molecule has 6 nitrogen and oxygen atoms in total. The van der Waals surface area contributed by atoms with Crippen LogP contribution in [-0.2, 0) is 0 Å². The Kier molecular flexibility index (Phi) is 5.81. The van der Waals surface area contributed by atoms with Gasteiger partial charge in [0.1, 0.15) is 6.04 Å². The summed E-state index contributed by atoms with van der Waals surface area (Å²) in [7, 11) is 3.08. The topological polar surface area (TPSA) is 65.4 Å². The second-order valence-electron chi connectivity index (χ2n) is 6.15.